The minimum atomic E-state index is -1.05. The maximum atomic E-state index is 10.7. The Kier molecular flexibility index (Phi) is 10.6. The highest BCUT2D eigenvalue weighted by Gasteiger charge is 2.26. The van der Waals surface area contributed by atoms with Crippen molar-refractivity contribution in [2.45, 2.75) is 38.3 Å². The van der Waals surface area contributed by atoms with Crippen LogP contribution in [-0.4, -0.2) is 78.2 Å². The zero-order valence-electron chi connectivity index (χ0n) is 16.9. The third-order valence-corrected chi connectivity index (χ3v) is 4.80. The monoisotopic (exact) mass is 494 g/mol. The van der Waals surface area contributed by atoms with Crippen LogP contribution in [0.1, 0.15) is 32.3 Å². The van der Waals surface area contributed by atoms with Crippen molar-refractivity contribution in [3.8, 4) is 0 Å². The van der Waals surface area contributed by atoms with Crippen molar-refractivity contribution in [1.29, 1.82) is 0 Å². The zero-order chi connectivity index (χ0) is 19.0. The molecule has 1 aliphatic heterocycles. The van der Waals surface area contributed by atoms with Gasteiger partial charge < -0.3 is 20.5 Å². The van der Waals surface area contributed by atoms with E-state index in [1.807, 2.05) is 20.2 Å². The molecule has 3 N–H and O–H groups in total. The largest absolute Gasteiger partial charge is 0.383 e. The first kappa shape index (κ1) is 24.1. The van der Waals surface area contributed by atoms with Gasteiger partial charge in [-0.2, -0.15) is 5.10 Å². The predicted octanol–water partition coefficient (Wildman–Crippen LogP) is 0.911. The quantitative estimate of drug-likeness (QED) is 0.269. The van der Waals surface area contributed by atoms with Gasteiger partial charge in [0, 0.05) is 51.6 Å². The van der Waals surface area contributed by atoms with Gasteiger partial charge in [0.25, 0.3) is 0 Å². The number of likely N-dealkylation sites (tertiary alicyclic amines) is 1. The smallest absolute Gasteiger partial charge is 0.191 e. The highest BCUT2D eigenvalue weighted by atomic mass is 127. The van der Waals surface area contributed by atoms with E-state index in [4.69, 9.17) is 4.74 Å². The highest BCUT2D eigenvalue weighted by molar-refractivity contribution is 14.0. The number of hydrogen-bond donors (Lipinski definition) is 3. The number of guanidine groups is 1. The van der Waals surface area contributed by atoms with Crippen LogP contribution >= 0.6 is 24.0 Å². The Bertz CT molecular complexity index is 578. The molecule has 0 spiro atoms. The number of aryl methyl sites for hydroxylation is 1. The molecule has 1 aromatic rings. The van der Waals surface area contributed by atoms with Crippen molar-refractivity contribution in [3.63, 3.8) is 0 Å². The minimum Gasteiger partial charge on any atom is -0.383 e. The van der Waals surface area contributed by atoms with Crippen LogP contribution in [0.5, 0.6) is 0 Å². The Labute approximate surface area is 179 Å². The molecule has 27 heavy (non-hydrogen) atoms. The predicted molar refractivity (Wildman–Crippen MR) is 119 cm³/mol. The van der Waals surface area contributed by atoms with Gasteiger partial charge in [-0.1, -0.05) is 0 Å². The normalized spacial score (nSPS) is 20.2. The summed E-state index contributed by atoms with van der Waals surface area (Å²) in [7, 11) is 3.58. The molecule has 0 radical (unpaired) electrons. The standard InChI is InChI=1S/C18H34N6O2.HI/c1-5-19-17(20-12-16-7-6-8-24(16)9-10-26-4)21-14-18(2,25)15-11-22-23(3)13-15;/h11,13,16,25H,5-10,12,14H2,1-4H3,(H2,19,20,21);1H. The number of nitrogens with zero attached hydrogens (tertiary/aromatic N) is 4. The summed E-state index contributed by atoms with van der Waals surface area (Å²) in [5.74, 6) is 0.732. The number of aliphatic hydroxyl groups is 1. The van der Waals surface area contributed by atoms with Crippen molar-refractivity contribution < 1.29 is 9.84 Å². The lowest BCUT2D eigenvalue weighted by atomic mass is 10.0. The van der Waals surface area contributed by atoms with E-state index in [1.54, 1.807) is 24.9 Å². The Hall–Kier alpha value is -0.910. The fraction of sp³-hybridized carbons (Fsp3) is 0.778. The summed E-state index contributed by atoms with van der Waals surface area (Å²) in [5, 5.41) is 21.5. The maximum Gasteiger partial charge on any atom is 0.191 e. The molecule has 9 heteroatoms. The second kappa shape index (κ2) is 11.8. The van der Waals surface area contributed by atoms with Crippen LogP contribution in [0, 0.1) is 0 Å². The van der Waals surface area contributed by atoms with Gasteiger partial charge in [-0.15, -0.1) is 24.0 Å². The summed E-state index contributed by atoms with van der Waals surface area (Å²) in [6.07, 6.45) is 5.91. The molecule has 0 saturated carbocycles. The lowest BCUT2D eigenvalue weighted by Crippen LogP contribution is -2.46. The molecule has 0 bridgehead atoms. The van der Waals surface area contributed by atoms with Crippen LogP contribution in [-0.2, 0) is 17.4 Å². The molecule has 0 aliphatic carbocycles. The van der Waals surface area contributed by atoms with Gasteiger partial charge in [0.1, 0.15) is 5.60 Å². The highest BCUT2D eigenvalue weighted by Crippen LogP contribution is 2.20. The number of aliphatic imine (C=N–C) groups is 1. The third kappa shape index (κ3) is 7.55. The van der Waals surface area contributed by atoms with E-state index in [1.165, 1.54) is 12.8 Å². The number of aromatic nitrogens is 2. The average Bonchev–Trinajstić information content (AvgIpc) is 3.24. The van der Waals surface area contributed by atoms with E-state index in [9.17, 15) is 5.11 Å². The van der Waals surface area contributed by atoms with Crippen LogP contribution in [0.2, 0.25) is 0 Å². The van der Waals surface area contributed by atoms with Crippen molar-refractivity contribution >= 4 is 29.9 Å². The number of hydrogen-bond acceptors (Lipinski definition) is 5. The number of halogens is 1. The molecule has 0 amide bonds. The van der Waals surface area contributed by atoms with Crippen LogP contribution in [0.3, 0.4) is 0 Å². The molecule has 2 atom stereocenters. The summed E-state index contributed by atoms with van der Waals surface area (Å²) >= 11 is 0. The molecule has 1 aromatic heterocycles. The molecule has 8 nitrogen and oxygen atoms in total. The van der Waals surface area contributed by atoms with E-state index in [0.717, 1.165) is 44.3 Å². The number of rotatable bonds is 9. The van der Waals surface area contributed by atoms with E-state index in [0.29, 0.717) is 6.04 Å². The van der Waals surface area contributed by atoms with E-state index < -0.39 is 5.60 Å². The lowest BCUT2D eigenvalue weighted by molar-refractivity contribution is 0.0671. The summed E-state index contributed by atoms with van der Waals surface area (Å²) in [6, 6.07) is 0.493. The summed E-state index contributed by atoms with van der Waals surface area (Å²) < 4.78 is 6.89. The number of ether oxygens (including phenoxy) is 1. The van der Waals surface area contributed by atoms with Gasteiger partial charge in [-0.3, -0.25) is 9.58 Å². The topological polar surface area (TPSA) is 86.9 Å². The molecule has 1 fully saturated rings. The van der Waals surface area contributed by atoms with Gasteiger partial charge in [0.2, 0.25) is 0 Å². The SMILES string of the molecule is CCNC(=NCC(C)(O)c1cnn(C)c1)NCC1CCCN1CCOC.I. The van der Waals surface area contributed by atoms with Crippen molar-refractivity contribution in [1.82, 2.24) is 25.3 Å². The second-order valence-electron chi connectivity index (χ2n) is 7.08. The average molecular weight is 494 g/mol. The van der Waals surface area contributed by atoms with E-state index in [-0.39, 0.29) is 30.5 Å². The first-order chi connectivity index (χ1) is 12.5. The molecule has 156 valence electrons. The van der Waals surface area contributed by atoms with Crippen LogP contribution in [0.4, 0.5) is 0 Å². The van der Waals surface area contributed by atoms with Gasteiger partial charge >= 0.3 is 0 Å². The zero-order valence-corrected chi connectivity index (χ0v) is 19.3. The van der Waals surface area contributed by atoms with E-state index >= 15 is 0 Å². The summed E-state index contributed by atoms with van der Waals surface area (Å²) in [4.78, 5) is 7.05. The Morgan fingerprint density at radius 3 is 2.89 bits per heavy atom. The molecular weight excluding hydrogens is 459 g/mol. The van der Waals surface area contributed by atoms with E-state index in [2.05, 4.69) is 25.6 Å². The van der Waals surface area contributed by atoms with Gasteiger partial charge in [-0.25, -0.2) is 4.99 Å². The molecule has 2 rings (SSSR count). The maximum absolute atomic E-state index is 10.7. The first-order valence-corrected chi connectivity index (χ1v) is 9.43. The van der Waals surface area contributed by atoms with Gasteiger partial charge in [0.05, 0.1) is 19.3 Å². The van der Waals surface area contributed by atoms with Gasteiger partial charge in [-0.05, 0) is 33.2 Å². The van der Waals surface area contributed by atoms with Gasteiger partial charge in [0.15, 0.2) is 5.96 Å². The Morgan fingerprint density at radius 1 is 1.48 bits per heavy atom. The van der Waals surface area contributed by atoms with Crippen molar-refractivity contribution in [2.24, 2.45) is 12.0 Å². The van der Waals surface area contributed by atoms with Crippen molar-refractivity contribution in [2.75, 3.05) is 46.4 Å². The number of methoxy groups -OCH3 is 1. The molecule has 1 aliphatic rings. The molecule has 2 unspecified atom stereocenters. The van der Waals surface area contributed by atoms with Crippen LogP contribution in [0.15, 0.2) is 17.4 Å². The van der Waals surface area contributed by atoms with Crippen LogP contribution in [0.25, 0.3) is 0 Å². The first-order valence-electron chi connectivity index (χ1n) is 9.43. The fourth-order valence-corrected chi connectivity index (χ4v) is 3.21. The second-order valence-corrected chi connectivity index (χ2v) is 7.08. The summed E-state index contributed by atoms with van der Waals surface area (Å²) in [5.41, 5.74) is -0.282. The van der Waals surface area contributed by atoms with Crippen molar-refractivity contribution in [3.05, 3.63) is 18.0 Å². The molecular formula is C18H35IN6O2. The van der Waals surface area contributed by atoms with Crippen LogP contribution < -0.4 is 10.6 Å². The fourth-order valence-electron chi connectivity index (χ4n) is 3.21. The lowest BCUT2D eigenvalue weighted by Gasteiger charge is -2.25. The Morgan fingerprint density at radius 2 is 2.26 bits per heavy atom. The third-order valence-electron chi connectivity index (χ3n) is 4.80. The number of nitrogens with one attached hydrogen (secondary N) is 2. The summed E-state index contributed by atoms with van der Waals surface area (Å²) in [6.45, 7) is 8.54. The molecule has 1 saturated heterocycles. The molecule has 0 aromatic carbocycles. The minimum absolute atomic E-state index is 0. The Balaban J connectivity index is 0.00000364. The molecule has 2 heterocycles.